The minimum absolute atomic E-state index is 0.307. The molecule has 17 heavy (non-hydrogen) atoms. The van der Waals surface area contributed by atoms with E-state index in [1.165, 1.54) is 0 Å². The fourth-order valence-electron chi connectivity index (χ4n) is 3.13. The Labute approximate surface area is 98.6 Å². The molecule has 3 aliphatic rings. The largest absolute Gasteiger partial charge is 0.354 e. The van der Waals surface area contributed by atoms with Crippen molar-refractivity contribution in [1.82, 2.24) is 5.32 Å². The molecule has 0 radical (unpaired) electrons. The molecule has 1 spiro atoms. The molecule has 7 heteroatoms. The Morgan fingerprint density at radius 2 is 1.76 bits per heavy atom. The van der Waals surface area contributed by atoms with Crippen molar-refractivity contribution in [2.75, 3.05) is 13.2 Å². The number of ether oxygens (including phenoxy) is 1. The number of hydrogen-bond donors (Lipinski definition) is 1. The highest BCUT2D eigenvalue weighted by atomic mass is 32.2. The van der Waals surface area contributed by atoms with Crippen LogP contribution in [0.5, 0.6) is 0 Å². The Morgan fingerprint density at radius 3 is 2.24 bits per heavy atom. The van der Waals surface area contributed by atoms with E-state index >= 15 is 0 Å². The highest BCUT2D eigenvalue weighted by Crippen LogP contribution is 2.45. The third kappa shape index (κ3) is 1.79. The summed E-state index contributed by atoms with van der Waals surface area (Å²) in [5.41, 5.74) is -0.834. The van der Waals surface area contributed by atoms with Crippen LogP contribution >= 0.6 is 0 Å². The molecule has 0 amide bonds. The first kappa shape index (κ1) is 11.8. The minimum Gasteiger partial charge on any atom is -0.354 e. The van der Waals surface area contributed by atoms with E-state index in [-0.39, 0.29) is 0 Å². The van der Waals surface area contributed by atoms with Crippen molar-refractivity contribution in [3.8, 4) is 0 Å². The van der Waals surface area contributed by atoms with Crippen molar-refractivity contribution in [2.45, 2.75) is 47.8 Å². The summed E-state index contributed by atoms with van der Waals surface area (Å²) in [6.07, 6.45) is 1.89. The summed E-state index contributed by atoms with van der Waals surface area (Å²) in [5, 5.41) is 1.89. The van der Waals surface area contributed by atoms with Crippen molar-refractivity contribution in [3.05, 3.63) is 0 Å². The van der Waals surface area contributed by atoms with E-state index in [9.17, 15) is 17.2 Å². The number of sulfone groups is 1. The molecule has 3 fully saturated rings. The van der Waals surface area contributed by atoms with Crippen LogP contribution < -0.4 is 5.32 Å². The van der Waals surface area contributed by atoms with Gasteiger partial charge in [0.05, 0.1) is 17.0 Å². The van der Waals surface area contributed by atoms with Gasteiger partial charge in [0.1, 0.15) is 12.3 Å². The Hall–Kier alpha value is -0.270. The second-order valence-corrected chi connectivity index (χ2v) is 7.82. The van der Waals surface area contributed by atoms with Gasteiger partial charge in [-0.25, -0.2) is 17.2 Å². The summed E-state index contributed by atoms with van der Waals surface area (Å²) >= 11 is 0. The van der Waals surface area contributed by atoms with Gasteiger partial charge in [-0.05, 0) is 12.8 Å². The summed E-state index contributed by atoms with van der Waals surface area (Å²) in [7, 11) is -3.04. The molecule has 0 aliphatic carbocycles. The smallest absolute Gasteiger partial charge is 0.283 e. The summed E-state index contributed by atoms with van der Waals surface area (Å²) in [4.78, 5) is 0. The topological polar surface area (TPSA) is 55.4 Å². The molecule has 3 aliphatic heterocycles. The van der Waals surface area contributed by atoms with Crippen LogP contribution in [0.3, 0.4) is 0 Å². The van der Waals surface area contributed by atoms with E-state index in [1.807, 2.05) is 0 Å². The fourth-order valence-corrected chi connectivity index (χ4v) is 5.60. The lowest BCUT2D eigenvalue weighted by molar-refractivity contribution is -0.198. The second-order valence-electron chi connectivity index (χ2n) is 5.31. The van der Waals surface area contributed by atoms with Crippen molar-refractivity contribution < 1.29 is 21.9 Å². The Balaban J connectivity index is 1.81. The molecule has 3 saturated heterocycles. The Kier molecular flexibility index (Phi) is 2.35. The van der Waals surface area contributed by atoms with E-state index in [1.54, 1.807) is 0 Å². The lowest BCUT2D eigenvalue weighted by Crippen LogP contribution is -2.63. The zero-order valence-electron chi connectivity index (χ0n) is 9.29. The van der Waals surface area contributed by atoms with Crippen LogP contribution in [0.4, 0.5) is 8.78 Å². The molecule has 0 aromatic carbocycles. The van der Waals surface area contributed by atoms with Gasteiger partial charge in [0, 0.05) is 12.8 Å². The van der Waals surface area contributed by atoms with Crippen molar-refractivity contribution >= 4 is 9.84 Å². The minimum atomic E-state index is -3.04. The molecule has 3 heterocycles. The molecule has 0 aromatic rings. The van der Waals surface area contributed by atoms with Gasteiger partial charge < -0.3 is 4.74 Å². The first-order valence-corrected chi connectivity index (χ1v) is 7.44. The van der Waals surface area contributed by atoms with Gasteiger partial charge in [0.25, 0.3) is 5.92 Å². The fraction of sp³-hybridized carbons (Fsp3) is 1.00. The number of fused-ring (bicyclic) bond motifs is 2. The quantitative estimate of drug-likeness (QED) is 0.701. The van der Waals surface area contributed by atoms with Crippen LogP contribution in [0.25, 0.3) is 0 Å². The normalized spacial score (nSPS) is 47.2. The van der Waals surface area contributed by atoms with Crippen molar-refractivity contribution in [3.63, 3.8) is 0 Å². The number of rotatable bonds is 0. The maximum atomic E-state index is 13.0. The monoisotopic (exact) mass is 267 g/mol. The molecule has 98 valence electrons. The number of halogens is 2. The van der Waals surface area contributed by atoms with E-state index < -0.39 is 45.1 Å². The molecule has 2 unspecified atom stereocenters. The maximum absolute atomic E-state index is 13.0. The van der Waals surface area contributed by atoms with Gasteiger partial charge in [0.2, 0.25) is 0 Å². The third-order valence-corrected chi connectivity index (χ3v) is 6.75. The summed E-state index contributed by atoms with van der Waals surface area (Å²) in [6.45, 7) is -1.04. The number of nitrogens with one attached hydrogen (secondary N) is 1. The first-order valence-electron chi connectivity index (χ1n) is 5.83. The lowest BCUT2D eigenvalue weighted by atomic mass is 10.0. The summed E-state index contributed by atoms with van der Waals surface area (Å²) < 4.78 is 55.1. The second kappa shape index (κ2) is 3.39. The van der Waals surface area contributed by atoms with Crippen LogP contribution in [-0.2, 0) is 14.6 Å². The van der Waals surface area contributed by atoms with E-state index in [0.717, 1.165) is 0 Å². The molecule has 4 nitrogen and oxygen atoms in total. The van der Waals surface area contributed by atoms with Crippen molar-refractivity contribution in [2.24, 2.45) is 0 Å². The van der Waals surface area contributed by atoms with Gasteiger partial charge in [-0.15, -0.1) is 0 Å². The summed E-state index contributed by atoms with van der Waals surface area (Å²) in [6, 6.07) is 0. The number of hydrogen-bond acceptors (Lipinski definition) is 4. The van der Waals surface area contributed by atoms with Gasteiger partial charge in [-0.3, -0.25) is 5.32 Å². The zero-order chi connectivity index (χ0) is 12.3. The Morgan fingerprint density at radius 1 is 1.18 bits per heavy atom. The number of alkyl halides is 2. The predicted octanol–water partition coefficient (Wildman–Crippen LogP) is 0.677. The van der Waals surface area contributed by atoms with Gasteiger partial charge in [0.15, 0.2) is 9.84 Å². The molecule has 3 rings (SSSR count). The lowest BCUT2D eigenvalue weighted by Gasteiger charge is -2.45. The molecule has 0 aromatic heterocycles. The van der Waals surface area contributed by atoms with Crippen LogP contribution in [0.1, 0.15) is 25.7 Å². The van der Waals surface area contributed by atoms with Gasteiger partial charge in [-0.2, -0.15) is 0 Å². The molecule has 1 N–H and O–H groups in total. The van der Waals surface area contributed by atoms with Gasteiger partial charge >= 0.3 is 0 Å². The van der Waals surface area contributed by atoms with Crippen LogP contribution in [-0.4, -0.2) is 43.7 Å². The van der Waals surface area contributed by atoms with Crippen LogP contribution in [0.15, 0.2) is 0 Å². The maximum Gasteiger partial charge on any atom is 0.283 e. The van der Waals surface area contributed by atoms with Crippen LogP contribution in [0, 0.1) is 0 Å². The summed E-state index contributed by atoms with van der Waals surface area (Å²) in [5.74, 6) is -2.85. The standard InChI is InChI=1S/C10H15F2NO3S/c11-9(12)5-13-10(16-6-9)3-7-1-2-8(4-10)17(7,14)15/h7-8,13H,1-6H2. The van der Waals surface area contributed by atoms with E-state index in [0.29, 0.717) is 25.7 Å². The SMILES string of the molecule is O=S1(=O)C2CCC1CC1(C2)NCC(F)(F)CO1. The molecule has 2 atom stereocenters. The van der Waals surface area contributed by atoms with Crippen LogP contribution in [0.2, 0.25) is 0 Å². The average Bonchev–Trinajstić information content (AvgIpc) is 2.45. The Bertz CT molecular complexity index is 405. The highest BCUT2D eigenvalue weighted by Gasteiger charge is 2.56. The average molecular weight is 267 g/mol. The van der Waals surface area contributed by atoms with E-state index in [4.69, 9.17) is 4.74 Å². The zero-order valence-corrected chi connectivity index (χ0v) is 10.1. The molecular formula is C10H15F2NO3S. The van der Waals surface area contributed by atoms with Crippen molar-refractivity contribution in [1.29, 1.82) is 0 Å². The van der Waals surface area contributed by atoms with Gasteiger partial charge in [-0.1, -0.05) is 0 Å². The van der Waals surface area contributed by atoms with E-state index in [2.05, 4.69) is 5.32 Å². The third-order valence-electron chi connectivity index (χ3n) is 4.08. The predicted molar refractivity (Wildman–Crippen MR) is 56.6 cm³/mol. The molecule has 2 bridgehead atoms. The molecular weight excluding hydrogens is 252 g/mol. The highest BCUT2D eigenvalue weighted by molar-refractivity contribution is 7.93. The first-order chi connectivity index (χ1) is 7.83. The molecule has 0 saturated carbocycles.